The first-order chi connectivity index (χ1) is 7.61. The molecule has 0 amide bonds. The second-order valence-corrected chi connectivity index (χ2v) is 3.66. The van der Waals surface area contributed by atoms with Gasteiger partial charge in [0.05, 0.1) is 0 Å². The molecule has 88 valence electrons. The Kier molecular flexibility index (Phi) is 4.64. The molecular weight excluding hydrogens is 206 g/mol. The normalized spacial score (nSPS) is 11.9. The summed E-state index contributed by atoms with van der Waals surface area (Å²) in [4.78, 5) is 10.3. The maximum atomic E-state index is 10.3. The Bertz CT molecular complexity index is 352. The number of hydrogen-bond donors (Lipinski definition) is 2. The van der Waals surface area contributed by atoms with E-state index in [0.29, 0.717) is 11.8 Å². The number of anilines is 1. The van der Waals surface area contributed by atoms with Gasteiger partial charge in [-0.2, -0.15) is 0 Å². The Labute approximate surface area is 95.2 Å². The molecule has 0 heterocycles. The second kappa shape index (κ2) is 6.00. The maximum absolute atomic E-state index is 10.3. The second-order valence-electron chi connectivity index (χ2n) is 3.66. The molecule has 0 radical (unpaired) electrons. The molecule has 1 atom stereocenters. The Balaban J connectivity index is 2.60. The number of carboxylic acid groups (broad SMARTS) is 1. The van der Waals surface area contributed by atoms with Gasteiger partial charge in [-0.15, -0.1) is 0 Å². The van der Waals surface area contributed by atoms with Gasteiger partial charge in [-0.05, 0) is 25.5 Å². The van der Waals surface area contributed by atoms with Gasteiger partial charge < -0.3 is 15.2 Å². The van der Waals surface area contributed by atoms with Crippen LogP contribution in [0.25, 0.3) is 0 Å². The van der Waals surface area contributed by atoms with Gasteiger partial charge in [0.2, 0.25) is 0 Å². The smallest absolute Gasteiger partial charge is 0.341 e. The molecule has 0 aliphatic rings. The highest BCUT2D eigenvalue weighted by Crippen LogP contribution is 2.18. The maximum Gasteiger partial charge on any atom is 0.341 e. The third kappa shape index (κ3) is 4.21. The summed E-state index contributed by atoms with van der Waals surface area (Å²) in [7, 11) is 0. The average Bonchev–Trinajstić information content (AvgIpc) is 2.26. The van der Waals surface area contributed by atoms with Crippen LogP contribution in [0.5, 0.6) is 5.75 Å². The first-order valence-electron chi connectivity index (χ1n) is 5.33. The molecule has 16 heavy (non-hydrogen) atoms. The van der Waals surface area contributed by atoms with Crippen molar-refractivity contribution in [3.05, 3.63) is 24.3 Å². The molecule has 0 fully saturated rings. The van der Waals surface area contributed by atoms with Gasteiger partial charge in [0.25, 0.3) is 0 Å². The Morgan fingerprint density at radius 1 is 1.56 bits per heavy atom. The molecule has 1 unspecified atom stereocenters. The van der Waals surface area contributed by atoms with E-state index in [2.05, 4.69) is 19.2 Å². The summed E-state index contributed by atoms with van der Waals surface area (Å²) in [5.74, 6) is -0.406. The van der Waals surface area contributed by atoms with E-state index in [4.69, 9.17) is 9.84 Å². The van der Waals surface area contributed by atoms with E-state index < -0.39 is 5.97 Å². The summed E-state index contributed by atoms with van der Waals surface area (Å²) >= 11 is 0. The van der Waals surface area contributed by atoms with Crippen molar-refractivity contribution < 1.29 is 14.6 Å². The average molecular weight is 223 g/mol. The molecule has 0 aromatic heterocycles. The van der Waals surface area contributed by atoms with Gasteiger partial charge in [-0.1, -0.05) is 13.0 Å². The molecule has 1 aromatic rings. The van der Waals surface area contributed by atoms with Crippen molar-refractivity contribution in [2.45, 2.75) is 26.3 Å². The van der Waals surface area contributed by atoms with E-state index in [1.54, 1.807) is 12.1 Å². The molecule has 0 saturated heterocycles. The van der Waals surface area contributed by atoms with Crippen LogP contribution in [0.2, 0.25) is 0 Å². The number of nitrogens with one attached hydrogen (secondary N) is 1. The standard InChI is InChI=1S/C12H17NO3/c1-3-9(2)13-10-5-4-6-11(7-10)16-8-12(14)15/h4-7,9,13H,3,8H2,1-2H3,(H,14,15). The Morgan fingerprint density at radius 3 is 2.94 bits per heavy atom. The van der Waals surface area contributed by atoms with Crippen LogP contribution in [0.15, 0.2) is 24.3 Å². The zero-order chi connectivity index (χ0) is 12.0. The lowest BCUT2D eigenvalue weighted by molar-refractivity contribution is -0.139. The quantitative estimate of drug-likeness (QED) is 0.777. The number of rotatable bonds is 6. The lowest BCUT2D eigenvalue weighted by Crippen LogP contribution is -2.13. The summed E-state index contributed by atoms with van der Waals surface area (Å²) in [5, 5.41) is 11.8. The van der Waals surface area contributed by atoms with Crippen LogP contribution >= 0.6 is 0 Å². The summed E-state index contributed by atoms with van der Waals surface area (Å²) in [5.41, 5.74) is 0.942. The van der Waals surface area contributed by atoms with Crippen molar-refractivity contribution in [2.75, 3.05) is 11.9 Å². The third-order valence-electron chi connectivity index (χ3n) is 2.22. The molecule has 4 heteroatoms. The summed E-state index contributed by atoms with van der Waals surface area (Å²) in [6.07, 6.45) is 1.03. The minimum absolute atomic E-state index is 0.313. The predicted molar refractivity (Wildman–Crippen MR) is 62.9 cm³/mol. The number of carboxylic acids is 1. The van der Waals surface area contributed by atoms with Crippen LogP contribution in [-0.2, 0) is 4.79 Å². The van der Waals surface area contributed by atoms with Gasteiger partial charge in [0.15, 0.2) is 6.61 Å². The molecule has 0 aliphatic heterocycles. The SMILES string of the molecule is CCC(C)Nc1cccc(OCC(=O)O)c1. The molecule has 2 N–H and O–H groups in total. The van der Waals surface area contributed by atoms with Crippen LogP contribution in [0.4, 0.5) is 5.69 Å². The molecule has 0 spiro atoms. The van der Waals surface area contributed by atoms with E-state index in [-0.39, 0.29) is 6.61 Å². The predicted octanol–water partition coefficient (Wildman–Crippen LogP) is 2.36. The van der Waals surface area contributed by atoms with Crippen LogP contribution < -0.4 is 10.1 Å². The van der Waals surface area contributed by atoms with Gasteiger partial charge in [-0.25, -0.2) is 4.79 Å². The van der Waals surface area contributed by atoms with Crippen molar-refractivity contribution in [3.63, 3.8) is 0 Å². The topological polar surface area (TPSA) is 58.6 Å². The van der Waals surface area contributed by atoms with E-state index in [1.165, 1.54) is 0 Å². The number of carbonyl (C=O) groups is 1. The lowest BCUT2D eigenvalue weighted by atomic mass is 10.2. The van der Waals surface area contributed by atoms with Crippen molar-refractivity contribution in [1.29, 1.82) is 0 Å². The third-order valence-corrected chi connectivity index (χ3v) is 2.22. The van der Waals surface area contributed by atoms with Crippen LogP contribution in [0.1, 0.15) is 20.3 Å². The fourth-order valence-corrected chi connectivity index (χ4v) is 1.21. The highest BCUT2D eigenvalue weighted by Gasteiger charge is 2.02. The van der Waals surface area contributed by atoms with Crippen LogP contribution in [0.3, 0.4) is 0 Å². The molecule has 4 nitrogen and oxygen atoms in total. The fraction of sp³-hybridized carbons (Fsp3) is 0.417. The minimum Gasteiger partial charge on any atom is -0.482 e. The lowest BCUT2D eigenvalue weighted by Gasteiger charge is -2.13. The summed E-state index contributed by atoms with van der Waals surface area (Å²) in [6, 6.07) is 7.69. The zero-order valence-electron chi connectivity index (χ0n) is 9.56. The van der Waals surface area contributed by atoms with Gasteiger partial charge in [0.1, 0.15) is 5.75 Å². The highest BCUT2D eigenvalue weighted by atomic mass is 16.5. The van der Waals surface area contributed by atoms with E-state index in [0.717, 1.165) is 12.1 Å². The highest BCUT2D eigenvalue weighted by molar-refractivity contribution is 5.68. The van der Waals surface area contributed by atoms with E-state index in [9.17, 15) is 4.79 Å². The van der Waals surface area contributed by atoms with Crippen molar-refractivity contribution in [2.24, 2.45) is 0 Å². The zero-order valence-corrected chi connectivity index (χ0v) is 9.56. The largest absolute Gasteiger partial charge is 0.482 e. The number of benzene rings is 1. The fourth-order valence-electron chi connectivity index (χ4n) is 1.21. The van der Waals surface area contributed by atoms with E-state index in [1.807, 2.05) is 12.1 Å². The first-order valence-corrected chi connectivity index (χ1v) is 5.33. The van der Waals surface area contributed by atoms with Crippen LogP contribution in [0, 0.1) is 0 Å². The summed E-state index contributed by atoms with van der Waals surface area (Å²) in [6.45, 7) is 3.88. The van der Waals surface area contributed by atoms with Crippen LogP contribution in [-0.4, -0.2) is 23.7 Å². The minimum atomic E-state index is -0.972. The molecule has 1 aromatic carbocycles. The van der Waals surface area contributed by atoms with Crippen molar-refractivity contribution in [1.82, 2.24) is 0 Å². The van der Waals surface area contributed by atoms with Crippen molar-refractivity contribution in [3.8, 4) is 5.75 Å². The Morgan fingerprint density at radius 2 is 2.31 bits per heavy atom. The molecular formula is C12H17NO3. The molecule has 1 rings (SSSR count). The Hall–Kier alpha value is -1.71. The molecule has 0 saturated carbocycles. The van der Waals surface area contributed by atoms with Gasteiger partial charge in [-0.3, -0.25) is 0 Å². The van der Waals surface area contributed by atoms with E-state index >= 15 is 0 Å². The molecule has 0 bridgehead atoms. The van der Waals surface area contributed by atoms with Gasteiger partial charge >= 0.3 is 5.97 Å². The summed E-state index contributed by atoms with van der Waals surface area (Å²) < 4.78 is 5.08. The van der Waals surface area contributed by atoms with Gasteiger partial charge in [0, 0.05) is 17.8 Å². The number of hydrogen-bond acceptors (Lipinski definition) is 3. The van der Waals surface area contributed by atoms with Crippen molar-refractivity contribution >= 4 is 11.7 Å². The number of ether oxygens (including phenoxy) is 1. The molecule has 0 aliphatic carbocycles. The first kappa shape index (κ1) is 12.4. The number of aliphatic carboxylic acids is 1. The monoisotopic (exact) mass is 223 g/mol.